The summed E-state index contributed by atoms with van der Waals surface area (Å²) in [5, 5.41) is 2.75. The van der Waals surface area contributed by atoms with E-state index in [2.05, 4.69) is 11.2 Å². The molecule has 0 aromatic carbocycles. The average molecular weight is 182 g/mol. The van der Waals surface area contributed by atoms with Crippen LogP contribution in [0.5, 0.6) is 0 Å². The van der Waals surface area contributed by atoms with Crippen LogP contribution >= 0.6 is 0 Å². The van der Waals surface area contributed by atoms with Crippen LogP contribution in [0.3, 0.4) is 0 Å². The number of hydrogen-bond donors (Lipinski definition) is 2. The quantitative estimate of drug-likeness (QED) is 0.484. The van der Waals surface area contributed by atoms with Crippen molar-refractivity contribution in [3.05, 3.63) is 0 Å². The molecule has 0 radical (unpaired) electrons. The van der Waals surface area contributed by atoms with Gasteiger partial charge in [0.2, 0.25) is 5.91 Å². The van der Waals surface area contributed by atoms with E-state index in [-0.39, 0.29) is 5.91 Å². The third-order valence-electron chi connectivity index (χ3n) is 2.04. The number of nitrogens with one attached hydrogen (secondary N) is 1. The van der Waals surface area contributed by atoms with Crippen LogP contribution < -0.4 is 11.1 Å². The van der Waals surface area contributed by atoms with Gasteiger partial charge in [0.05, 0.1) is 5.54 Å². The summed E-state index contributed by atoms with van der Waals surface area (Å²) in [7, 11) is 0. The Kier molecular flexibility index (Phi) is 5.17. The largest absolute Gasteiger partial charge is 0.354 e. The van der Waals surface area contributed by atoms with E-state index < -0.39 is 5.54 Å². The van der Waals surface area contributed by atoms with E-state index in [1.54, 1.807) is 6.92 Å². The van der Waals surface area contributed by atoms with Crippen molar-refractivity contribution in [1.29, 1.82) is 0 Å². The minimum absolute atomic E-state index is 0.105. The highest BCUT2D eigenvalue weighted by Crippen LogP contribution is 2.03. The standard InChI is InChI=1S/C10H18N2O/c1-4-6-7-8-12-9(13)10(3,11)5-2/h1H,5-8,11H2,2-3H3,(H,12,13). The number of amides is 1. The lowest BCUT2D eigenvalue weighted by Crippen LogP contribution is -2.51. The summed E-state index contributed by atoms with van der Waals surface area (Å²) in [6.45, 7) is 4.22. The monoisotopic (exact) mass is 182 g/mol. The summed E-state index contributed by atoms with van der Waals surface area (Å²) in [5.74, 6) is 2.41. The van der Waals surface area contributed by atoms with Gasteiger partial charge in [0, 0.05) is 13.0 Å². The number of hydrogen-bond acceptors (Lipinski definition) is 2. The van der Waals surface area contributed by atoms with E-state index in [0.29, 0.717) is 19.4 Å². The second-order valence-corrected chi connectivity index (χ2v) is 3.33. The number of nitrogens with two attached hydrogens (primary N) is 1. The van der Waals surface area contributed by atoms with Gasteiger partial charge in [-0.15, -0.1) is 12.3 Å². The van der Waals surface area contributed by atoms with E-state index in [9.17, 15) is 4.79 Å². The first kappa shape index (κ1) is 12.0. The molecule has 0 aliphatic carbocycles. The number of carbonyl (C=O) groups excluding carboxylic acids is 1. The van der Waals surface area contributed by atoms with Gasteiger partial charge in [-0.1, -0.05) is 6.92 Å². The fourth-order valence-corrected chi connectivity index (χ4v) is 0.755. The van der Waals surface area contributed by atoms with E-state index in [4.69, 9.17) is 12.2 Å². The molecule has 74 valence electrons. The van der Waals surface area contributed by atoms with Crippen molar-refractivity contribution in [2.24, 2.45) is 5.73 Å². The van der Waals surface area contributed by atoms with Gasteiger partial charge in [0.15, 0.2) is 0 Å². The van der Waals surface area contributed by atoms with E-state index in [0.717, 1.165) is 6.42 Å². The maximum atomic E-state index is 11.4. The Balaban J connectivity index is 3.70. The summed E-state index contributed by atoms with van der Waals surface area (Å²) in [6.07, 6.45) is 7.20. The normalized spacial score (nSPS) is 14.3. The van der Waals surface area contributed by atoms with E-state index in [1.807, 2.05) is 6.92 Å². The van der Waals surface area contributed by atoms with Crippen LogP contribution in [0.15, 0.2) is 0 Å². The lowest BCUT2D eigenvalue weighted by atomic mass is 9.99. The van der Waals surface area contributed by atoms with Gasteiger partial charge >= 0.3 is 0 Å². The van der Waals surface area contributed by atoms with Crippen molar-refractivity contribution in [3.63, 3.8) is 0 Å². The lowest BCUT2D eigenvalue weighted by molar-refractivity contribution is -0.125. The van der Waals surface area contributed by atoms with Crippen molar-refractivity contribution >= 4 is 5.91 Å². The molecule has 0 aliphatic rings. The summed E-state index contributed by atoms with van der Waals surface area (Å²) < 4.78 is 0. The molecule has 0 saturated carbocycles. The SMILES string of the molecule is C#CCCCNC(=O)C(C)(N)CC. The zero-order valence-electron chi connectivity index (χ0n) is 8.39. The zero-order valence-corrected chi connectivity index (χ0v) is 8.39. The Morgan fingerprint density at radius 2 is 2.31 bits per heavy atom. The predicted molar refractivity (Wildman–Crippen MR) is 54.0 cm³/mol. The van der Waals surface area contributed by atoms with Crippen LogP contribution in [0.25, 0.3) is 0 Å². The molecule has 1 unspecified atom stereocenters. The molecule has 0 fully saturated rings. The maximum absolute atomic E-state index is 11.4. The smallest absolute Gasteiger partial charge is 0.239 e. The lowest BCUT2D eigenvalue weighted by Gasteiger charge is -2.21. The summed E-state index contributed by atoms with van der Waals surface area (Å²) in [4.78, 5) is 11.4. The highest BCUT2D eigenvalue weighted by molar-refractivity contribution is 5.85. The Labute approximate surface area is 80.1 Å². The molecule has 3 N–H and O–H groups in total. The number of carbonyl (C=O) groups is 1. The van der Waals surface area contributed by atoms with E-state index >= 15 is 0 Å². The maximum Gasteiger partial charge on any atom is 0.239 e. The Hall–Kier alpha value is -1.01. The Morgan fingerprint density at radius 3 is 2.77 bits per heavy atom. The van der Waals surface area contributed by atoms with Gasteiger partial charge in [0.25, 0.3) is 0 Å². The molecule has 13 heavy (non-hydrogen) atoms. The fourth-order valence-electron chi connectivity index (χ4n) is 0.755. The summed E-state index contributed by atoms with van der Waals surface area (Å²) in [6, 6.07) is 0. The van der Waals surface area contributed by atoms with Gasteiger partial charge in [-0.25, -0.2) is 0 Å². The van der Waals surface area contributed by atoms with Crippen molar-refractivity contribution in [1.82, 2.24) is 5.32 Å². The number of unbranched alkanes of at least 4 members (excludes halogenated alkanes) is 1. The molecule has 0 heterocycles. The molecule has 0 saturated heterocycles. The van der Waals surface area contributed by atoms with Crippen LogP contribution in [-0.2, 0) is 4.79 Å². The van der Waals surface area contributed by atoms with Crippen LogP contribution in [-0.4, -0.2) is 18.0 Å². The highest BCUT2D eigenvalue weighted by atomic mass is 16.2. The van der Waals surface area contributed by atoms with E-state index in [1.165, 1.54) is 0 Å². The van der Waals surface area contributed by atoms with Crippen molar-refractivity contribution in [2.75, 3.05) is 6.54 Å². The first-order valence-electron chi connectivity index (χ1n) is 4.55. The molecular weight excluding hydrogens is 164 g/mol. The zero-order chi connectivity index (χ0) is 10.3. The molecule has 1 amide bonds. The van der Waals surface area contributed by atoms with Crippen LogP contribution in [0.1, 0.15) is 33.1 Å². The van der Waals surface area contributed by atoms with Gasteiger partial charge in [0.1, 0.15) is 0 Å². The highest BCUT2D eigenvalue weighted by Gasteiger charge is 2.24. The topological polar surface area (TPSA) is 55.1 Å². The molecule has 0 aliphatic heterocycles. The number of terminal acetylenes is 1. The van der Waals surface area contributed by atoms with Crippen LogP contribution in [0.2, 0.25) is 0 Å². The van der Waals surface area contributed by atoms with Crippen LogP contribution in [0.4, 0.5) is 0 Å². The second kappa shape index (κ2) is 5.60. The van der Waals surface area contributed by atoms with Gasteiger partial charge in [-0.05, 0) is 19.8 Å². The van der Waals surface area contributed by atoms with Gasteiger partial charge in [-0.3, -0.25) is 4.79 Å². The molecule has 0 rings (SSSR count). The van der Waals surface area contributed by atoms with Gasteiger partial charge in [-0.2, -0.15) is 0 Å². The van der Waals surface area contributed by atoms with Gasteiger partial charge < -0.3 is 11.1 Å². The Morgan fingerprint density at radius 1 is 1.69 bits per heavy atom. The van der Waals surface area contributed by atoms with Crippen molar-refractivity contribution in [2.45, 2.75) is 38.6 Å². The molecule has 3 heteroatoms. The second-order valence-electron chi connectivity index (χ2n) is 3.33. The molecular formula is C10H18N2O. The minimum atomic E-state index is -0.754. The summed E-state index contributed by atoms with van der Waals surface area (Å²) in [5.41, 5.74) is 4.97. The molecule has 3 nitrogen and oxygen atoms in total. The van der Waals surface area contributed by atoms with Crippen molar-refractivity contribution < 1.29 is 4.79 Å². The molecule has 0 bridgehead atoms. The third kappa shape index (κ3) is 4.54. The minimum Gasteiger partial charge on any atom is -0.354 e. The number of rotatable bonds is 5. The molecule has 1 atom stereocenters. The average Bonchev–Trinajstić information content (AvgIpc) is 2.12. The molecule has 0 aromatic heterocycles. The first-order valence-corrected chi connectivity index (χ1v) is 4.55. The summed E-state index contributed by atoms with van der Waals surface area (Å²) >= 11 is 0. The third-order valence-corrected chi connectivity index (χ3v) is 2.04. The Bertz CT molecular complexity index is 203. The molecule has 0 aromatic rings. The predicted octanol–water partition coefficient (Wildman–Crippen LogP) is 0.643. The van der Waals surface area contributed by atoms with Crippen molar-refractivity contribution in [3.8, 4) is 12.3 Å². The first-order chi connectivity index (χ1) is 6.04. The van der Waals surface area contributed by atoms with Crippen LogP contribution in [0, 0.1) is 12.3 Å². The fraction of sp³-hybridized carbons (Fsp3) is 0.700. The molecule has 0 spiro atoms.